The van der Waals surface area contributed by atoms with Crippen LogP contribution in [0.5, 0.6) is 28.7 Å². The van der Waals surface area contributed by atoms with Crippen LogP contribution in [-0.4, -0.2) is 64.5 Å². The van der Waals surface area contributed by atoms with Crippen molar-refractivity contribution in [2.45, 2.75) is 31.0 Å². The summed E-state index contributed by atoms with van der Waals surface area (Å²) in [4.78, 5) is 24.0. The minimum Gasteiger partial charge on any atom is -0.496 e. The van der Waals surface area contributed by atoms with E-state index in [1.54, 1.807) is 48.5 Å². The molecule has 4 aromatic rings. The second-order valence-electron chi connectivity index (χ2n) is 9.97. The van der Waals surface area contributed by atoms with Crippen LogP contribution in [0.25, 0.3) is 10.8 Å². The molecule has 2 N–H and O–H groups in total. The highest BCUT2D eigenvalue weighted by molar-refractivity contribution is 7.93. The summed E-state index contributed by atoms with van der Waals surface area (Å²) >= 11 is 0. The molecule has 0 aliphatic rings. The summed E-state index contributed by atoms with van der Waals surface area (Å²) in [5.41, 5.74) is 0.350. The van der Waals surface area contributed by atoms with E-state index < -0.39 is 39.5 Å². The van der Waals surface area contributed by atoms with Gasteiger partial charge in [0.2, 0.25) is 6.10 Å². The van der Waals surface area contributed by atoms with E-state index in [0.29, 0.717) is 16.7 Å². The second-order valence-corrected chi connectivity index (χ2v) is 11.8. The van der Waals surface area contributed by atoms with Gasteiger partial charge in [0.25, 0.3) is 10.0 Å². The molecule has 0 heterocycles. The first-order valence-electron chi connectivity index (χ1n) is 13.6. The van der Waals surface area contributed by atoms with Crippen LogP contribution in [-0.2, 0) is 19.6 Å². The number of carbonyl (C=O) groups is 2. The molecule has 0 aliphatic heterocycles. The molecular formula is C32H33NO11S. The van der Waals surface area contributed by atoms with E-state index in [9.17, 15) is 28.2 Å². The Morgan fingerprint density at radius 3 is 1.87 bits per heavy atom. The topological polar surface area (TPSA) is 158 Å². The van der Waals surface area contributed by atoms with Gasteiger partial charge in [-0.15, -0.1) is 0 Å². The molecule has 0 bridgehead atoms. The van der Waals surface area contributed by atoms with Crippen LogP contribution in [0.2, 0.25) is 0 Å². The van der Waals surface area contributed by atoms with Gasteiger partial charge in [0.15, 0.2) is 4.90 Å². The molecule has 0 amide bonds. The first-order chi connectivity index (χ1) is 21.4. The molecule has 1 unspecified atom stereocenters. The lowest BCUT2D eigenvalue weighted by Gasteiger charge is -2.27. The van der Waals surface area contributed by atoms with Crippen molar-refractivity contribution in [3.8, 4) is 28.7 Å². The fourth-order valence-corrected chi connectivity index (χ4v) is 6.43. The largest absolute Gasteiger partial charge is 0.496 e. The minimum absolute atomic E-state index is 0.00216. The van der Waals surface area contributed by atoms with Crippen LogP contribution in [0.15, 0.2) is 77.7 Å². The number of benzene rings is 4. The van der Waals surface area contributed by atoms with E-state index >= 15 is 0 Å². The SMILES string of the molecule is COc1cc(OC)c(S(=O)(=O)N(CC(=O)O)c2ccc(OC(C(=O)O)c3ccc(OC(C)C)cc3)c3ccccc23)c(OC)c1. The average molecular weight is 640 g/mol. The fourth-order valence-electron chi connectivity index (χ4n) is 4.72. The van der Waals surface area contributed by atoms with Crippen LogP contribution in [0.1, 0.15) is 25.5 Å². The molecule has 45 heavy (non-hydrogen) atoms. The predicted octanol–water partition coefficient (Wildman–Crippen LogP) is 5.14. The third kappa shape index (κ3) is 6.99. The van der Waals surface area contributed by atoms with Gasteiger partial charge in [0.05, 0.1) is 33.1 Å². The van der Waals surface area contributed by atoms with E-state index in [1.165, 1.54) is 45.6 Å². The zero-order valence-corrected chi connectivity index (χ0v) is 26.0. The van der Waals surface area contributed by atoms with Crippen molar-refractivity contribution in [3.63, 3.8) is 0 Å². The number of methoxy groups -OCH3 is 3. The van der Waals surface area contributed by atoms with Gasteiger partial charge in [-0.25, -0.2) is 13.2 Å². The molecule has 0 aromatic heterocycles. The van der Waals surface area contributed by atoms with E-state index in [1.807, 2.05) is 13.8 Å². The summed E-state index contributed by atoms with van der Waals surface area (Å²) in [6, 6.07) is 18.4. The van der Waals surface area contributed by atoms with Crippen molar-refractivity contribution < 1.29 is 51.9 Å². The Morgan fingerprint density at radius 1 is 0.756 bits per heavy atom. The Balaban J connectivity index is 1.84. The molecule has 0 spiro atoms. The van der Waals surface area contributed by atoms with Crippen LogP contribution >= 0.6 is 0 Å². The van der Waals surface area contributed by atoms with Crippen LogP contribution in [0.3, 0.4) is 0 Å². The molecule has 0 radical (unpaired) electrons. The summed E-state index contributed by atoms with van der Waals surface area (Å²) in [6.07, 6.45) is -1.48. The van der Waals surface area contributed by atoms with E-state index in [4.69, 9.17) is 23.7 Å². The van der Waals surface area contributed by atoms with Crippen LogP contribution < -0.4 is 28.0 Å². The molecule has 1 atom stereocenters. The first-order valence-corrected chi connectivity index (χ1v) is 15.1. The van der Waals surface area contributed by atoms with Gasteiger partial charge in [0.1, 0.15) is 35.3 Å². The number of nitrogens with zero attached hydrogens (tertiary/aromatic N) is 1. The zero-order valence-electron chi connectivity index (χ0n) is 25.2. The van der Waals surface area contributed by atoms with Gasteiger partial charge in [0, 0.05) is 28.5 Å². The molecule has 12 nitrogen and oxygen atoms in total. The van der Waals surface area contributed by atoms with Crippen molar-refractivity contribution in [1.29, 1.82) is 0 Å². The molecule has 0 fully saturated rings. The predicted molar refractivity (Wildman–Crippen MR) is 165 cm³/mol. The lowest BCUT2D eigenvalue weighted by Crippen LogP contribution is -2.36. The number of carboxylic acid groups (broad SMARTS) is 2. The van der Waals surface area contributed by atoms with Gasteiger partial charge >= 0.3 is 11.9 Å². The number of hydrogen-bond acceptors (Lipinski definition) is 9. The van der Waals surface area contributed by atoms with Crippen molar-refractivity contribution in [2.75, 3.05) is 32.2 Å². The van der Waals surface area contributed by atoms with Crippen molar-refractivity contribution in [3.05, 3.63) is 78.4 Å². The van der Waals surface area contributed by atoms with E-state index in [-0.39, 0.29) is 40.2 Å². The zero-order chi connectivity index (χ0) is 32.9. The Bertz CT molecular complexity index is 1780. The molecule has 4 aromatic carbocycles. The standard InChI is InChI=1S/C32H33NO11S/c1-19(2)43-21-12-10-20(11-13-21)30(32(36)37)44-26-15-14-25(23-8-6-7-9-24(23)26)33(18-29(34)35)45(38,39)31-27(41-4)16-22(40-3)17-28(31)42-5/h6-17,19,30H,18H2,1-5H3,(H,34,35)(H,36,37). The van der Waals surface area contributed by atoms with Gasteiger partial charge in [-0.05, 0) is 38.1 Å². The van der Waals surface area contributed by atoms with Crippen molar-refractivity contribution in [1.82, 2.24) is 0 Å². The third-order valence-corrected chi connectivity index (χ3v) is 8.47. The lowest BCUT2D eigenvalue weighted by atomic mass is 10.1. The Hall–Kier alpha value is -5.17. The van der Waals surface area contributed by atoms with Gasteiger partial charge < -0.3 is 33.9 Å². The number of fused-ring (bicyclic) bond motifs is 1. The molecule has 13 heteroatoms. The van der Waals surface area contributed by atoms with Gasteiger partial charge in [-0.3, -0.25) is 9.10 Å². The monoisotopic (exact) mass is 639 g/mol. The molecular weight excluding hydrogens is 606 g/mol. The number of rotatable bonds is 14. The summed E-state index contributed by atoms with van der Waals surface area (Å²) in [5.74, 6) is -1.97. The van der Waals surface area contributed by atoms with Crippen LogP contribution in [0.4, 0.5) is 5.69 Å². The minimum atomic E-state index is -4.66. The Labute approximate surface area is 260 Å². The highest BCUT2D eigenvalue weighted by Crippen LogP contribution is 2.43. The fraction of sp³-hybridized carbons (Fsp3) is 0.250. The highest BCUT2D eigenvalue weighted by Gasteiger charge is 2.35. The lowest BCUT2D eigenvalue weighted by molar-refractivity contribution is -0.145. The number of aliphatic carboxylic acids is 2. The maximum atomic E-state index is 14.2. The number of sulfonamides is 1. The molecule has 0 saturated heterocycles. The van der Waals surface area contributed by atoms with E-state index in [0.717, 1.165) is 4.31 Å². The Morgan fingerprint density at radius 2 is 1.36 bits per heavy atom. The number of carboxylic acids is 2. The first kappa shape index (κ1) is 32.7. The Kier molecular flexibility index (Phi) is 9.92. The number of anilines is 1. The highest BCUT2D eigenvalue weighted by atomic mass is 32.2. The second kappa shape index (κ2) is 13.6. The molecule has 0 saturated carbocycles. The summed E-state index contributed by atoms with van der Waals surface area (Å²) in [6.45, 7) is 2.80. The molecule has 4 rings (SSSR count). The van der Waals surface area contributed by atoms with Gasteiger partial charge in [-0.1, -0.05) is 36.4 Å². The maximum absolute atomic E-state index is 14.2. The number of hydrogen-bond donors (Lipinski definition) is 2. The smallest absolute Gasteiger partial charge is 0.349 e. The quantitative estimate of drug-likeness (QED) is 0.188. The third-order valence-electron chi connectivity index (χ3n) is 6.65. The van der Waals surface area contributed by atoms with E-state index in [2.05, 4.69) is 0 Å². The molecule has 0 aliphatic carbocycles. The number of ether oxygens (including phenoxy) is 5. The van der Waals surface area contributed by atoms with Crippen LogP contribution in [0, 0.1) is 0 Å². The van der Waals surface area contributed by atoms with Gasteiger partial charge in [-0.2, -0.15) is 0 Å². The summed E-state index contributed by atoms with van der Waals surface area (Å²) < 4.78 is 56.8. The van der Waals surface area contributed by atoms with Crippen molar-refractivity contribution in [2.24, 2.45) is 0 Å². The van der Waals surface area contributed by atoms with Crippen molar-refractivity contribution >= 4 is 38.4 Å². The average Bonchev–Trinajstić information content (AvgIpc) is 3.01. The molecule has 238 valence electrons. The summed E-state index contributed by atoms with van der Waals surface area (Å²) in [7, 11) is -0.739. The summed E-state index contributed by atoms with van der Waals surface area (Å²) in [5, 5.41) is 20.5. The normalized spacial score (nSPS) is 12.0. The maximum Gasteiger partial charge on any atom is 0.349 e.